The van der Waals surface area contributed by atoms with E-state index in [1.54, 1.807) is 0 Å². The van der Waals surface area contributed by atoms with Gasteiger partial charge in [-0.25, -0.2) is 0 Å². The maximum atomic E-state index is 2.36. The Kier molecular flexibility index (Phi) is 8.24. The molecule has 0 atom stereocenters. The maximum Gasteiger partial charge on any atom is 0.0462 e. The number of nitrogens with zero attached hydrogens (tertiary/aromatic N) is 1. The molecule has 0 aliphatic rings. The molecule has 1 heteroatoms. The predicted molar refractivity (Wildman–Crippen MR) is 235 cm³/mol. The summed E-state index contributed by atoms with van der Waals surface area (Å²) >= 11 is 0. The zero-order valence-corrected chi connectivity index (χ0v) is 30.3. The highest BCUT2D eigenvalue weighted by atomic mass is 15.1. The van der Waals surface area contributed by atoms with E-state index in [1.165, 1.54) is 76.8 Å². The van der Waals surface area contributed by atoms with Gasteiger partial charge in [-0.1, -0.05) is 182 Å². The lowest BCUT2D eigenvalue weighted by Gasteiger charge is -2.26. The molecule has 0 unspecified atom stereocenters. The van der Waals surface area contributed by atoms with Crippen LogP contribution < -0.4 is 4.90 Å². The van der Waals surface area contributed by atoms with Crippen molar-refractivity contribution >= 4 is 49.4 Å². The summed E-state index contributed by atoms with van der Waals surface area (Å²) < 4.78 is 0. The van der Waals surface area contributed by atoms with Gasteiger partial charge in [0.25, 0.3) is 0 Å². The molecule has 0 saturated heterocycles. The van der Waals surface area contributed by atoms with Crippen molar-refractivity contribution in [3.05, 3.63) is 224 Å². The van der Waals surface area contributed by atoms with E-state index in [0.29, 0.717) is 0 Å². The van der Waals surface area contributed by atoms with Gasteiger partial charge in [-0.15, -0.1) is 0 Å². The van der Waals surface area contributed by atoms with Crippen LogP contribution in [0.1, 0.15) is 0 Å². The molecule has 10 rings (SSSR count). The number of benzene rings is 10. The Hall–Kier alpha value is -7.22. The van der Waals surface area contributed by atoms with Crippen LogP contribution in [-0.2, 0) is 0 Å². The lowest BCUT2D eigenvalue weighted by Crippen LogP contribution is -2.09. The highest BCUT2D eigenvalue weighted by Gasteiger charge is 2.19. The number of rotatable bonds is 7. The monoisotopic (exact) mass is 699 g/mol. The van der Waals surface area contributed by atoms with Crippen LogP contribution in [0.15, 0.2) is 224 Å². The summed E-state index contributed by atoms with van der Waals surface area (Å²) in [6, 6.07) is 81.4. The smallest absolute Gasteiger partial charge is 0.0462 e. The zero-order chi connectivity index (χ0) is 36.6. The summed E-state index contributed by atoms with van der Waals surface area (Å²) in [6.45, 7) is 0. The Bertz CT molecular complexity index is 2850. The molecule has 0 bridgehead atoms. The van der Waals surface area contributed by atoms with Crippen LogP contribution in [0, 0.1) is 0 Å². The molecule has 0 aliphatic carbocycles. The molecule has 0 aromatic heterocycles. The van der Waals surface area contributed by atoms with Crippen LogP contribution in [0.4, 0.5) is 17.1 Å². The molecule has 0 heterocycles. The van der Waals surface area contributed by atoms with E-state index < -0.39 is 0 Å². The standard InChI is InChI=1S/C54H37N/c1-3-13-38(14-4-1)41-25-31-46(32-26-41)55(47-33-27-42(28-34-47)39-15-5-2-6-16-39)48-35-29-43(30-36-48)53-51-21-11-9-19-49(51)50-20-10-12-22-52(50)54(53)45-24-23-40-17-7-8-18-44(40)37-45/h1-37H. The Balaban J connectivity index is 1.13. The van der Waals surface area contributed by atoms with Crippen molar-refractivity contribution in [1.29, 1.82) is 0 Å². The van der Waals surface area contributed by atoms with Crippen molar-refractivity contribution in [3.8, 4) is 44.5 Å². The maximum absolute atomic E-state index is 2.36. The fourth-order valence-corrected chi connectivity index (χ4v) is 8.18. The molecule has 0 aliphatic heterocycles. The minimum atomic E-state index is 1.10. The number of fused-ring (bicyclic) bond motifs is 4. The van der Waals surface area contributed by atoms with Crippen LogP contribution in [0.5, 0.6) is 0 Å². The average Bonchev–Trinajstić information content (AvgIpc) is 3.27. The van der Waals surface area contributed by atoms with Crippen molar-refractivity contribution in [2.24, 2.45) is 0 Å². The first kappa shape index (κ1) is 32.4. The summed E-state index contributed by atoms with van der Waals surface area (Å²) in [6.07, 6.45) is 0. The van der Waals surface area contributed by atoms with Crippen molar-refractivity contribution < 1.29 is 0 Å². The van der Waals surface area contributed by atoms with Gasteiger partial charge in [-0.3, -0.25) is 0 Å². The van der Waals surface area contributed by atoms with E-state index in [1.807, 2.05) is 0 Å². The fraction of sp³-hybridized carbons (Fsp3) is 0. The molecule has 0 saturated carbocycles. The van der Waals surface area contributed by atoms with Gasteiger partial charge in [0.2, 0.25) is 0 Å². The third-order valence-electron chi connectivity index (χ3n) is 10.9. The summed E-state index contributed by atoms with van der Waals surface area (Å²) in [5, 5.41) is 7.53. The molecule has 258 valence electrons. The van der Waals surface area contributed by atoms with Gasteiger partial charge in [0.05, 0.1) is 0 Å². The summed E-state index contributed by atoms with van der Waals surface area (Å²) in [7, 11) is 0. The van der Waals surface area contributed by atoms with E-state index >= 15 is 0 Å². The van der Waals surface area contributed by atoms with E-state index in [4.69, 9.17) is 0 Å². The Morgan fingerprint density at radius 3 is 1.05 bits per heavy atom. The second-order valence-electron chi connectivity index (χ2n) is 14.1. The molecule has 10 aromatic carbocycles. The molecule has 55 heavy (non-hydrogen) atoms. The second kappa shape index (κ2) is 14.0. The largest absolute Gasteiger partial charge is 0.311 e. The zero-order valence-electron chi connectivity index (χ0n) is 30.3. The Morgan fingerprint density at radius 1 is 0.218 bits per heavy atom. The van der Waals surface area contributed by atoms with Crippen LogP contribution in [0.3, 0.4) is 0 Å². The van der Waals surface area contributed by atoms with E-state index in [9.17, 15) is 0 Å². The van der Waals surface area contributed by atoms with Gasteiger partial charge < -0.3 is 4.90 Å². The minimum Gasteiger partial charge on any atom is -0.311 e. The van der Waals surface area contributed by atoms with Crippen LogP contribution in [0.25, 0.3) is 76.8 Å². The van der Waals surface area contributed by atoms with Crippen molar-refractivity contribution in [3.63, 3.8) is 0 Å². The van der Waals surface area contributed by atoms with Gasteiger partial charge in [0, 0.05) is 17.1 Å². The SMILES string of the molecule is c1ccc(-c2ccc(N(c3ccc(-c4ccccc4)cc3)c3ccc(-c4c(-c5ccc6ccccc6c5)c5ccccc5c5ccccc45)cc3)cc2)cc1. The van der Waals surface area contributed by atoms with Crippen molar-refractivity contribution in [2.45, 2.75) is 0 Å². The molecule has 0 amide bonds. The van der Waals surface area contributed by atoms with E-state index in [-0.39, 0.29) is 0 Å². The molecule has 0 radical (unpaired) electrons. The summed E-state index contributed by atoms with van der Waals surface area (Å²) in [5.74, 6) is 0. The molecule has 0 spiro atoms. The first-order valence-corrected chi connectivity index (χ1v) is 18.9. The van der Waals surface area contributed by atoms with Crippen molar-refractivity contribution in [2.75, 3.05) is 4.90 Å². The Labute approximate surface area is 322 Å². The number of hydrogen-bond acceptors (Lipinski definition) is 1. The van der Waals surface area contributed by atoms with E-state index in [2.05, 4.69) is 229 Å². The number of anilines is 3. The summed E-state index contributed by atoms with van der Waals surface area (Å²) in [4.78, 5) is 2.36. The minimum absolute atomic E-state index is 1.10. The highest BCUT2D eigenvalue weighted by Crippen LogP contribution is 2.46. The first-order valence-electron chi connectivity index (χ1n) is 18.9. The fourth-order valence-electron chi connectivity index (χ4n) is 8.18. The molecule has 0 N–H and O–H groups in total. The first-order chi connectivity index (χ1) is 27.3. The quantitative estimate of drug-likeness (QED) is 0.150. The van der Waals surface area contributed by atoms with Crippen molar-refractivity contribution in [1.82, 2.24) is 0 Å². The topological polar surface area (TPSA) is 3.24 Å². The van der Waals surface area contributed by atoms with Gasteiger partial charge in [-0.2, -0.15) is 0 Å². The third-order valence-corrected chi connectivity index (χ3v) is 10.9. The van der Waals surface area contributed by atoms with Gasteiger partial charge in [0.15, 0.2) is 0 Å². The van der Waals surface area contributed by atoms with Gasteiger partial charge in [-0.05, 0) is 119 Å². The lowest BCUT2D eigenvalue weighted by atomic mass is 9.84. The van der Waals surface area contributed by atoms with Crippen LogP contribution in [-0.4, -0.2) is 0 Å². The molecule has 10 aromatic rings. The van der Waals surface area contributed by atoms with Crippen LogP contribution >= 0.6 is 0 Å². The molecular weight excluding hydrogens is 663 g/mol. The summed E-state index contributed by atoms with van der Waals surface area (Å²) in [5.41, 5.74) is 13.0. The predicted octanol–water partition coefficient (Wildman–Crippen LogP) is 15.3. The number of hydrogen-bond donors (Lipinski definition) is 0. The van der Waals surface area contributed by atoms with E-state index in [0.717, 1.165) is 17.1 Å². The Morgan fingerprint density at radius 2 is 0.564 bits per heavy atom. The molecule has 0 fully saturated rings. The van der Waals surface area contributed by atoms with Gasteiger partial charge >= 0.3 is 0 Å². The molecule has 1 nitrogen and oxygen atoms in total. The molecular formula is C54H37N. The third kappa shape index (κ3) is 6.02. The van der Waals surface area contributed by atoms with Gasteiger partial charge in [0.1, 0.15) is 0 Å². The highest BCUT2D eigenvalue weighted by molar-refractivity contribution is 6.22. The second-order valence-corrected chi connectivity index (χ2v) is 14.1. The lowest BCUT2D eigenvalue weighted by molar-refractivity contribution is 1.28. The average molecular weight is 700 g/mol. The normalized spacial score (nSPS) is 11.3. The van der Waals surface area contributed by atoms with Crippen LogP contribution in [0.2, 0.25) is 0 Å².